The van der Waals surface area contributed by atoms with E-state index in [-0.39, 0.29) is 12.8 Å². The molecule has 8 N–H and O–H groups in total. The van der Waals surface area contributed by atoms with Gasteiger partial charge in [0.25, 0.3) is 0 Å². The van der Waals surface area contributed by atoms with Crippen molar-refractivity contribution in [2.75, 3.05) is 0 Å². The van der Waals surface area contributed by atoms with Gasteiger partial charge in [0.1, 0.15) is 60.7 Å². The van der Waals surface area contributed by atoms with Gasteiger partial charge in [-0.15, -0.1) is 0 Å². The van der Waals surface area contributed by atoms with Crippen LogP contribution in [0.2, 0.25) is 0 Å². The SMILES string of the molecule is CCCCCCCC(O)C(C(=O)OC(=O)C(C(O)CCCCCCC)[C@@H]1O[C@@H](C)[C@H](O)[C@@H](O)[C@H]1O)[C@@H]1O[C@@H](C)[C@H](O)[C@@H](O)[C@H]1O. The van der Waals surface area contributed by atoms with Gasteiger partial charge in [0.05, 0.1) is 24.4 Å². The average Bonchev–Trinajstić information content (AvgIpc) is 3.00. The van der Waals surface area contributed by atoms with Crippen molar-refractivity contribution in [1.29, 1.82) is 0 Å². The third kappa shape index (κ3) is 10.9. The average molecular weight is 651 g/mol. The van der Waals surface area contributed by atoms with Gasteiger partial charge in [-0.1, -0.05) is 78.1 Å². The van der Waals surface area contributed by atoms with Crippen molar-refractivity contribution in [1.82, 2.24) is 0 Å². The molecule has 0 saturated carbocycles. The quantitative estimate of drug-likeness (QED) is 0.0575. The van der Waals surface area contributed by atoms with E-state index >= 15 is 0 Å². The van der Waals surface area contributed by atoms with Crippen LogP contribution in [-0.4, -0.2) is 126 Å². The molecule has 0 aliphatic carbocycles. The van der Waals surface area contributed by atoms with E-state index in [1.807, 2.05) is 0 Å². The summed E-state index contributed by atoms with van der Waals surface area (Å²) in [6.07, 6.45) is -9.49. The van der Waals surface area contributed by atoms with Crippen LogP contribution < -0.4 is 0 Å². The zero-order chi connectivity index (χ0) is 33.8. The van der Waals surface area contributed by atoms with Gasteiger partial charge in [0, 0.05) is 0 Å². The molecule has 13 heteroatoms. The van der Waals surface area contributed by atoms with Gasteiger partial charge in [-0.05, 0) is 26.7 Å². The Morgan fingerprint density at radius 3 is 1.22 bits per heavy atom. The van der Waals surface area contributed by atoms with Crippen LogP contribution in [0, 0.1) is 11.8 Å². The highest BCUT2D eigenvalue weighted by Crippen LogP contribution is 2.33. The summed E-state index contributed by atoms with van der Waals surface area (Å²) in [4.78, 5) is 27.3. The molecule has 0 bridgehead atoms. The number of aliphatic hydroxyl groups excluding tert-OH is 8. The molecule has 2 aliphatic heterocycles. The molecule has 2 aliphatic rings. The van der Waals surface area contributed by atoms with Crippen LogP contribution >= 0.6 is 0 Å². The second-order valence-electron chi connectivity index (χ2n) is 12.9. The number of carbonyl (C=O) groups excluding carboxylic acids is 2. The highest BCUT2D eigenvalue weighted by molar-refractivity contribution is 5.89. The number of hydrogen-bond acceptors (Lipinski definition) is 13. The maximum atomic E-state index is 13.7. The summed E-state index contributed by atoms with van der Waals surface area (Å²) in [6.45, 7) is 6.95. The maximum absolute atomic E-state index is 13.7. The van der Waals surface area contributed by atoms with Gasteiger partial charge >= 0.3 is 11.9 Å². The minimum atomic E-state index is -1.80. The summed E-state index contributed by atoms with van der Waals surface area (Å²) in [5.41, 5.74) is 0. The summed E-state index contributed by atoms with van der Waals surface area (Å²) < 4.78 is 16.6. The van der Waals surface area contributed by atoms with Gasteiger partial charge in [-0.25, -0.2) is 0 Å². The molecule has 0 amide bonds. The molecule has 2 rings (SSSR count). The predicted molar refractivity (Wildman–Crippen MR) is 162 cm³/mol. The minimum absolute atomic E-state index is 0.0904. The normalized spacial score (nSPS) is 34.9. The van der Waals surface area contributed by atoms with Crippen molar-refractivity contribution < 1.29 is 64.7 Å². The van der Waals surface area contributed by atoms with Crippen LogP contribution in [0.3, 0.4) is 0 Å². The van der Waals surface area contributed by atoms with Gasteiger partial charge in [-0.2, -0.15) is 0 Å². The Morgan fingerprint density at radius 1 is 0.556 bits per heavy atom. The highest BCUT2D eigenvalue weighted by Gasteiger charge is 2.53. The van der Waals surface area contributed by atoms with E-state index < -0.39 is 97.0 Å². The van der Waals surface area contributed by atoms with Crippen LogP contribution in [-0.2, 0) is 23.8 Å². The predicted octanol–water partition coefficient (Wildman–Crippen LogP) is 0.471. The Hall–Kier alpha value is -1.26. The number of ether oxygens (including phenoxy) is 3. The number of aliphatic hydroxyl groups is 8. The Balaban J connectivity index is 2.33. The van der Waals surface area contributed by atoms with Crippen molar-refractivity contribution in [3.05, 3.63) is 0 Å². The fraction of sp³-hybridized carbons (Fsp3) is 0.938. The second-order valence-corrected chi connectivity index (χ2v) is 12.9. The van der Waals surface area contributed by atoms with Crippen molar-refractivity contribution in [3.8, 4) is 0 Å². The fourth-order valence-electron chi connectivity index (χ4n) is 6.29. The monoisotopic (exact) mass is 650 g/mol. The Morgan fingerprint density at radius 2 is 0.889 bits per heavy atom. The van der Waals surface area contributed by atoms with Crippen molar-refractivity contribution in [3.63, 3.8) is 0 Å². The summed E-state index contributed by atoms with van der Waals surface area (Å²) in [5.74, 6) is -5.90. The van der Waals surface area contributed by atoms with Gasteiger partial charge < -0.3 is 55.1 Å². The van der Waals surface area contributed by atoms with Gasteiger partial charge in [-0.3, -0.25) is 9.59 Å². The summed E-state index contributed by atoms with van der Waals surface area (Å²) in [5, 5.41) is 85.0. The molecule has 0 aromatic carbocycles. The molecule has 264 valence electrons. The molecule has 45 heavy (non-hydrogen) atoms. The number of rotatable bonds is 18. The number of unbranched alkanes of at least 4 members (excludes halogenated alkanes) is 8. The van der Waals surface area contributed by atoms with E-state index in [2.05, 4.69) is 13.8 Å². The van der Waals surface area contributed by atoms with Crippen LogP contribution in [0.4, 0.5) is 0 Å². The minimum Gasteiger partial charge on any atom is -0.392 e. The lowest BCUT2D eigenvalue weighted by atomic mass is 9.82. The fourth-order valence-corrected chi connectivity index (χ4v) is 6.29. The van der Waals surface area contributed by atoms with Crippen LogP contribution in [0.25, 0.3) is 0 Å². The number of hydrogen-bond donors (Lipinski definition) is 8. The Kier molecular flexibility index (Phi) is 17.3. The molecular formula is C32H58O13. The first kappa shape index (κ1) is 39.9. The summed E-state index contributed by atoms with van der Waals surface area (Å²) >= 11 is 0. The summed E-state index contributed by atoms with van der Waals surface area (Å²) in [6, 6.07) is 0. The van der Waals surface area contributed by atoms with E-state index in [0.29, 0.717) is 12.8 Å². The molecule has 4 unspecified atom stereocenters. The van der Waals surface area contributed by atoms with E-state index in [0.717, 1.165) is 51.4 Å². The third-order valence-corrected chi connectivity index (χ3v) is 9.27. The third-order valence-electron chi connectivity index (χ3n) is 9.27. The van der Waals surface area contributed by atoms with E-state index in [1.165, 1.54) is 13.8 Å². The Bertz CT molecular complexity index is 806. The molecule has 14 atom stereocenters. The zero-order valence-corrected chi connectivity index (χ0v) is 27.2. The molecule has 2 saturated heterocycles. The maximum Gasteiger partial charge on any atom is 0.322 e. The lowest BCUT2D eigenvalue weighted by molar-refractivity contribution is -0.244. The second kappa shape index (κ2) is 19.5. The van der Waals surface area contributed by atoms with Crippen LogP contribution in [0.5, 0.6) is 0 Å². The molecule has 0 aromatic heterocycles. The smallest absolute Gasteiger partial charge is 0.322 e. The molecule has 0 spiro atoms. The topological polar surface area (TPSA) is 224 Å². The lowest BCUT2D eigenvalue weighted by Crippen LogP contribution is -2.62. The van der Waals surface area contributed by atoms with Crippen molar-refractivity contribution in [2.24, 2.45) is 11.8 Å². The van der Waals surface area contributed by atoms with Gasteiger partial charge in [0.2, 0.25) is 0 Å². The van der Waals surface area contributed by atoms with Crippen LogP contribution in [0.1, 0.15) is 105 Å². The largest absolute Gasteiger partial charge is 0.392 e. The first-order valence-electron chi connectivity index (χ1n) is 16.8. The van der Waals surface area contributed by atoms with Gasteiger partial charge in [0.15, 0.2) is 0 Å². The zero-order valence-electron chi connectivity index (χ0n) is 27.2. The first-order chi connectivity index (χ1) is 21.3. The highest BCUT2D eigenvalue weighted by atomic mass is 16.6. The molecule has 2 heterocycles. The van der Waals surface area contributed by atoms with Crippen LogP contribution in [0.15, 0.2) is 0 Å². The van der Waals surface area contributed by atoms with Crippen molar-refractivity contribution in [2.45, 2.75) is 178 Å². The Labute approximate surface area is 266 Å². The standard InChI is InChI=1S/C32H58O13/c1-5-7-9-11-13-15-19(33)21(29-27(39)25(37)23(35)17(3)43-29)31(41)45-32(42)22(20(34)16-14-12-10-8-6-2)30-28(40)26(38)24(36)18(4)44-30/h17-30,33-40H,5-16H2,1-4H3/t17-,18-,19?,20?,21?,22?,23-,24-,25+,26+,27+,28+,29-,30-/m0/s1. The van der Waals surface area contributed by atoms with E-state index in [4.69, 9.17) is 14.2 Å². The first-order valence-corrected chi connectivity index (χ1v) is 16.8. The van der Waals surface area contributed by atoms with E-state index in [9.17, 15) is 50.4 Å². The molecule has 0 radical (unpaired) electrons. The molecule has 0 aromatic rings. The molecular weight excluding hydrogens is 592 g/mol. The number of carbonyl (C=O) groups is 2. The van der Waals surface area contributed by atoms with E-state index in [1.54, 1.807) is 0 Å². The molecule has 2 fully saturated rings. The molecule has 13 nitrogen and oxygen atoms in total. The summed E-state index contributed by atoms with van der Waals surface area (Å²) in [7, 11) is 0. The lowest BCUT2D eigenvalue weighted by Gasteiger charge is -2.43. The number of esters is 2. The van der Waals surface area contributed by atoms with Crippen molar-refractivity contribution >= 4 is 11.9 Å².